The first-order valence-electron chi connectivity index (χ1n) is 10.0. The Bertz CT molecular complexity index is 1020. The van der Waals surface area contributed by atoms with Crippen molar-refractivity contribution in [2.75, 3.05) is 37.5 Å². The molecule has 2 heterocycles. The molecule has 2 aromatic carbocycles. The lowest BCUT2D eigenvalue weighted by Crippen LogP contribution is -2.30. The van der Waals surface area contributed by atoms with Gasteiger partial charge in [0, 0.05) is 18.7 Å². The number of carbonyl (C=O) groups excluding carboxylic acids is 1. The highest BCUT2D eigenvalue weighted by Gasteiger charge is 2.22. The second-order valence-corrected chi connectivity index (χ2v) is 7.12. The fourth-order valence-corrected chi connectivity index (χ4v) is 3.76. The largest absolute Gasteiger partial charge is 0.493 e. The molecule has 1 N–H and O–H groups in total. The molecule has 0 bridgehead atoms. The van der Waals surface area contributed by atoms with E-state index in [0.29, 0.717) is 22.8 Å². The molecular formula is C23H25N3O4. The lowest BCUT2D eigenvalue weighted by Gasteiger charge is -2.30. The van der Waals surface area contributed by atoms with Gasteiger partial charge in [0.2, 0.25) is 0 Å². The number of hydrogen-bond donors (Lipinski definition) is 1. The quantitative estimate of drug-likeness (QED) is 0.643. The van der Waals surface area contributed by atoms with Crippen LogP contribution in [0.2, 0.25) is 0 Å². The Kier molecular flexibility index (Phi) is 5.88. The van der Waals surface area contributed by atoms with Crippen molar-refractivity contribution >= 4 is 17.3 Å². The average molecular weight is 407 g/mol. The SMILES string of the molecule is COc1ccc(-c2ocnc2C(=O)Nc2ccccc2N2CCCCC2)cc1OC. The van der Waals surface area contributed by atoms with E-state index in [2.05, 4.69) is 15.2 Å². The Hall–Kier alpha value is -3.48. The van der Waals surface area contributed by atoms with Crippen molar-refractivity contribution in [3.05, 3.63) is 54.6 Å². The lowest BCUT2D eigenvalue weighted by atomic mass is 10.1. The van der Waals surface area contributed by atoms with Crippen molar-refractivity contribution in [2.24, 2.45) is 0 Å². The minimum absolute atomic E-state index is 0.218. The maximum absolute atomic E-state index is 13.1. The third kappa shape index (κ3) is 3.96. The number of nitrogens with one attached hydrogen (secondary N) is 1. The Morgan fingerprint density at radius 1 is 1.03 bits per heavy atom. The minimum atomic E-state index is -0.321. The van der Waals surface area contributed by atoms with E-state index in [9.17, 15) is 4.79 Å². The summed E-state index contributed by atoms with van der Waals surface area (Å²) in [4.78, 5) is 19.6. The first kappa shape index (κ1) is 19.8. The smallest absolute Gasteiger partial charge is 0.278 e. The van der Waals surface area contributed by atoms with Gasteiger partial charge >= 0.3 is 0 Å². The van der Waals surface area contributed by atoms with Crippen molar-refractivity contribution in [1.29, 1.82) is 0 Å². The molecule has 3 aromatic rings. The van der Waals surface area contributed by atoms with E-state index in [1.54, 1.807) is 32.4 Å². The zero-order valence-corrected chi connectivity index (χ0v) is 17.2. The fraction of sp³-hybridized carbons (Fsp3) is 0.304. The van der Waals surface area contributed by atoms with E-state index in [4.69, 9.17) is 13.9 Å². The summed E-state index contributed by atoms with van der Waals surface area (Å²) in [6, 6.07) is 13.2. The number of hydrogen-bond acceptors (Lipinski definition) is 6. The Balaban J connectivity index is 1.60. The molecule has 0 spiro atoms. The van der Waals surface area contributed by atoms with E-state index in [-0.39, 0.29) is 11.6 Å². The molecule has 1 amide bonds. The molecule has 0 unspecified atom stereocenters. The van der Waals surface area contributed by atoms with Crippen LogP contribution in [0, 0.1) is 0 Å². The van der Waals surface area contributed by atoms with Gasteiger partial charge in [0.25, 0.3) is 5.91 Å². The van der Waals surface area contributed by atoms with Crippen molar-refractivity contribution in [2.45, 2.75) is 19.3 Å². The van der Waals surface area contributed by atoms with E-state index in [1.807, 2.05) is 24.3 Å². The molecule has 0 saturated carbocycles. The zero-order chi connectivity index (χ0) is 20.9. The number of oxazole rings is 1. The highest BCUT2D eigenvalue weighted by atomic mass is 16.5. The number of anilines is 2. The summed E-state index contributed by atoms with van der Waals surface area (Å²) in [6.45, 7) is 1.99. The summed E-state index contributed by atoms with van der Waals surface area (Å²) >= 11 is 0. The molecule has 7 nitrogen and oxygen atoms in total. The first-order valence-corrected chi connectivity index (χ1v) is 10.0. The fourth-order valence-electron chi connectivity index (χ4n) is 3.76. The number of rotatable bonds is 6. The van der Waals surface area contributed by atoms with Crippen LogP contribution < -0.4 is 19.7 Å². The summed E-state index contributed by atoms with van der Waals surface area (Å²) < 4.78 is 16.2. The number of methoxy groups -OCH3 is 2. The number of piperidine rings is 1. The number of nitrogens with zero attached hydrogens (tertiary/aromatic N) is 2. The van der Waals surface area contributed by atoms with Crippen LogP contribution in [0.4, 0.5) is 11.4 Å². The van der Waals surface area contributed by atoms with Crippen molar-refractivity contribution in [3.8, 4) is 22.8 Å². The summed E-state index contributed by atoms with van der Waals surface area (Å²) in [5.41, 5.74) is 2.70. The highest BCUT2D eigenvalue weighted by Crippen LogP contribution is 2.34. The van der Waals surface area contributed by atoms with Gasteiger partial charge in [-0.15, -0.1) is 0 Å². The highest BCUT2D eigenvalue weighted by molar-refractivity contribution is 6.07. The van der Waals surface area contributed by atoms with E-state index in [1.165, 1.54) is 12.8 Å². The number of carbonyl (C=O) groups is 1. The summed E-state index contributed by atoms with van der Waals surface area (Å²) in [7, 11) is 3.14. The predicted octanol–water partition coefficient (Wildman–Crippen LogP) is 4.60. The van der Waals surface area contributed by atoms with Crippen molar-refractivity contribution in [1.82, 2.24) is 4.98 Å². The normalized spacial score (nSPS) is 13.7. The molecule has 1 fully saturated rings. The molecule has 1 aliphatic rings. The standard InChI is InChI=1S/C23H25N3O4/c1-28-19-11-10-16(14-20(19)29-2)22-21(24-15-30-22)23(27)25-17-8-4-5-9-18(17)26-12-6-3-7-13-26/h4-5,8-11,14-15H,3,6-7,12-13H2,1-2H3,(H,25,27). The monoisotopic (exact) mass is 407 g/mol. The maximum Gasteiger partial charge on any atom is 0.278 e. The van der Waals surface area contributed by atoms with E-state index in [0.717, 1.165) is 37.3 Å². The first-order chi connectivity index (χ1) is 14.7. The summed E-state index contributed by atoms with van der Waals surface area (Å²) in [5.74, 6) is 1.21. The van der Waals surface area contributed by atoms with Gasteiger partial charge < -0.3 is 24.1 Å². The molecule has 1 aliphatic heterocycles. The van der Waals surface area contributed by atoms with Gasteiger partial charge in [0.1, 0.15) is 0 Å². The number of ether oxygens (including phenoxy) is 2. The van der Waals surface area contributed by atoms with E-state index >= 15 is 0 Å². The molecule has 0 aliphatic carbocycles. The second kappa shape index (κ2) is 8.90. The zero-order valence-electron chi connectivity index (χ0n) is 17.2. The minimum Gasteiger partial charge on any atom is -0.493 e. The van der Waals surface area contributed by atoms with Gasteiger partial charge in [-0.25, -0.2) is 4.98 Å². The predicted molar refractivity (Wildman–Crippen MR) is 116 cm³/mol. The van der Waals surface area contributed by atoms with Crippen LogP contribution in [-0.4, -0.2) is 38.2 Å². The summed E-state index contributed by atoms with van der Waals surface area (Å²) in [5, 5.41) is 3.01. The Morgan fingerprint density at radius 2 is 1.80 bits per heavy atom. The second-order valence-electron chi connectivity index (χ2n) is 7.12. The third-order valence-electron chi connectivity index (χ3n) is 5.28. The number of aromatic nitrogens is 1. The molecule has 7 heteroatoms. The van der Waals surface area contributed by atoms with Crippen molar-refractivity contribution in [3.63, 3.8) is 0 Å². The lowest BCUT2D eigenvalue weighted by molar-refractivity contribution is 0.102. The van der Waals surface area contributed by atoms with Gasteiger partial charge in [-0.05, 0) is 49.6 Å². The average Bonchev–Trinajstić information content (AvgIpc) is 3.30. The van der Waals surface area contributed by atoms with Crippen LogP contribution in [0.15, 0.2) is 53.3 Å². The van der Waals surface area contributed by atoms with Gasteiger partial charge in [-0.2, -0.15) is 0 Å². The number of benzene rings is 2. The van der Waals surface area contributed by atoms with Crippen LogP contribution in [0.1, 0.15) is 29.8 Å². The number of para-hydroxylation sites is 2. The van der Waals surface area contributed by atoms with Crippen LogP contribution in [-0.2, 0) is 0 Å². The molecule has 4 rings (SSSR count). The van der Waals surface area contributed by atoms with Gasteiger partial charge in [0.05, 0.1) is 25.6 Å². The van der Waals surface area contributed by atoms with Gasteiger partial charge in [-0.1, -0.05) is 12.1 Å². The molecule has 0 radical (unpaired) electrons. The molecule has 30 heavy (non-hydrogen) atoms. The molecule has 1 saturated heterocycles. The molecule has 0 atom stereocenters. The number of amides is 1. The maximum atomic E-state index is 13.1. The Morgan fingerprint density at radius 3 is 2.57 bits per heavy atom. The van der Waals surface area contributed by atoms with Crippen LogP contribution >= 0.6 is 0 Å². The van der Waals surface area contributed by atoms with Gasteiger partial charge in [0.15, 0.2) is 29.3 Å². The van der Waals surface area contributed by atoms with E-state index < -0.39 is 0 Å². The van der Waals surface area contributed by atoms with Crippen molar-refractivity contribution < 1.29 is 18.7 Å². The topological polar surface area (TPSA) is 76.8 Å². The molecule has 1 aromatic heterocycles. The Labute approximate surface area is 175 Å². The van der Waals surface area contributed by atoms with Crippen LogP contribution in [0.3, 0.4) is 0 Å². The van der Waals surface area contributed by atoms with Crippen LogP contribution in [0.5, 0.6) is 11.5 Å². The molecular weight excluding hydrogens is 382 g/mol. The molecule has 156 valence electrons. The van der Waals surface area contributed by atoms with Gasteiger partial charge in [-0.3, -0.25) is 4.79 Å². The third-order valence-corrected chi connectivity index (χ3v) is 5.28. The summed E-state index contributed by atoms with van der Waals surface area (Å²) in [6.07, 6.45) is 4.85. The van der Waals surface area contributed by atoms with Crippen LogP contribution in [0.25, 0.3) is 11.3 Å².